The van der Waals surface area contributed by atoms with Crippen LogP contribution in [-0.2, 0) is 16.2 Å². The van der Waals surface area contributed by atoms with E-state index in [4.69, 9.17) is 4.42 Å². The Morgan fingerprint density at radius 2 is 1.02 bits per heavy atom. The summed E-state index contributed by atoms with van der Waals surface area (Å²) < 4.78 is 6.74. The molecule has 8 aromatic carbocycles. The first-order chi connectivity index (χ1) is 27.9. The topological polar surface area (TPSA) is 16.4 Å². The van der Waals surface area contributed by atoms with E-state index < -0.39 is 0 Å². The first-order valence-electron chi connectivity index (χ1n) is 20.7. The molecule has 0 N–H and O–H groups in total. The number of anilines is 3. The number of furan rings is 1. The van der Waals surface area contributed by atoms with E-state index in [0.717, 1.165) is 28.2 Å². The highest BCUT2D eigenvalue weighted by Crippen LogP contribution is 2.54. The van der Waals surface area contributed by atoms with Gasteiger partial charge in [-0.2, -0.15) is 0 Å². The van der Waals surface area contributed by atoms with Crippen LogP contribution < -0.4 is 4.90 Å². The SMILES string of the molecule is CC(C)(C)c1cccc2c1oc1cc3c(cc12)-c1cc(N(c2ccc(-c4cccc5ccccc45)cc2)c2ccc4c(c2)C(C)(C)c2ccccc2-4)ccc1C3(C)C. The van der Waals surface area contributed by atoms with Gasteiger partial charge in [0, 0.05) is 44.2 Å². The van der Waals surface area contributed by atoms with Crippen LogP contribution >= 0.6 is 0 Å². The summed E-state index contributed by atoms with van der Waals surface area (Å²) in [6.45, 7) is 16.2. The van der Waals surface area contributed by atoms with Gasteiger partial charge in [-0.05, 0) is 120 Å². The summed E-state index contributed by atoms with van der Waals surface area (Å²) in [5.74, 6) is 0. The molecule has 0 amide bonds. The Kier molecular flexibility index (Phi) is 7.25. The third-order valence-electron chi connectivity index (χ3n) is 13.4. The molecule has 58 heavy (non-hydrogen) atoms. The fraction of sp³-hybridized carbons (Fsp3) is 0.179. The van der Waals surface area contributed by atoms with Crippen LogP contribution in [0.4, 0.5) is 17.1 Å². The van der Waals surface area contributed by atoms with Crippen molar-refractivity contribution in [2.75, 3.05) is 4.90 Å². The Labute approximate surface area is 341 Å². The monoisotopic (exact) mass is 749 g/mol. The molecule has 2 heteroatoms. The van der Waals surface area contributed by atoms with Gasteiger partial charge in [0.1, 0.15) is 11.2 Å². The molecule has 11 rings (SSSR count). The molecule has 0 atom stereocenters. The zero-order valence-corrected chi connectivity index (χ0v) is 34.4. The molecule has 282 valence electrons. The minimum atomic E-state index is -0.183. The van der Waals surface area contributed by atoms with E-state index in [1.165, 1.54) is 82.7 Å². The largest absolute Gasteiger partial charge is 0.456 e. The average Bonchev–Trinajstić information content (AvgIpc) is 3.79. The van der Waals surface area contributed by atoms with Crippen molar-refractivity contribution in [3.8, 4) is 33.4 Å². The number of hydrogen-bond acceptors (Lipinski definition) is 2. The van der Waals surface area contributed by atoms with Crippen LogP contribution in [0, 0.1) is 0 Å². The van der Waals surface area contributed by atoms with Gasteiger partial charge in [0.05, 0.1) is 0 Å². The first kappa shape index (κ1) is 34.8. The van der Waals surface area contributed by atoms with Crippen LogP contribution in [0.2, 0.25) is 0 Å². The lowest BCUT2D eigenvalue weighted by molar-refractivity contribution is 0.572. The van der Waals surface area contributed by atoms with E-state index in [-0.39, 0.29) is 16.2 Å². The van der Waals surface area contributed by atoms with E-state index in [1.807, 2.05) is 0 Å². The van der Waals surface area contributed by atoms with Crippen LogP contribution in [0.3, 0.4) is 0 Å². The van der Waals surface area contributed by atoms with Gasteiger partial charge in [-0.3, -0.25) is 0 Å². The zero-order chi connectivity index (χ0) is 39.7. The molecule has 1 heterocycles. The predicted octanol–water partition coefficient (Wildman–Crippen LogP) is 15.8. The van der Waals surface area contributed by atoms with Crippen molar-refractivity contribution >= 4 is 49.8 Å². The van der Waals surface area contributed by atoms with E-state index >= 15 is 0 Å². The summed E-state index contributed by atoms with van der Waals surface area (Å²) in [5, 5.41) is 4.88. The minimum Gasteiger partial charge on any atom is -0.456 e. The summed E-state index contributed by atoms with van der Waals surface area (Å²) in [6.07, 6.45) is 0. The number of hydrogen-bond donors (Lipinski definition) is 0. The Bertz CT molecular complexity index is 3140. The van der Waals surface area contributed by atoms with Crippen molar-refractivity contribution in [1.29, 1.82) is 0 Å². The highest BCUT2D eigenvalue weighted by Gasteiger charge is 2.38. The summed E-state index contributed by atoms with van der Waals surface area (Å²) in [6, 6.07) is 58.9. The standard InChI is InChI=1S/C56H47NO/c1-54(2,3)49-21-13-19-43-46-32-45-44-30-37(27-29-48(44)56(6,7)51(45)33-52(46)58-53(43)49)57(38-26-28-42-41-17-10-11-20-47(41)55(4,5)50(42)31-38)36-24-22-35(23-25-36)40-18-12-15-34-14-8-9-16-39(34)40/h8-33H,1-7H3. The van der Waals surface area contributed by atoms with Crippen LogP contribution in [0.5, 0.6) is 0 Å². The van der Waals surface area contributed by atoms with Gasteiger partial charge in [0.2, 0.25) is 0 Å². The molecule has 0 aliphatic heterocycles. The summed E-state index contributed by atoms with van der Waals surface area (Å²) in [4.78, 5) is 2.46. The maximum atomic E-state index is 6.74. The van der Waals surface area contributed by atoms with E-state index in [9.17, 15) is 0 Å². The predicted molar refractivity (Wildman–Crippen MR) is 245 cm³/mol. The van der Waals surface area contributed by atoms with Crippen molar-refractivity contribution < 1.29 is 4.42 Å². The molecule has 1 aromatic heterocycles. The fourth-order valence-electron chi connectivity index (χ4n) is 10.3. The van der Waals surface area contributed by atoms with Crippen molar-refractivity contribution in [3.63, 3.8) is 0 Å². The molecule has 0 fully saturated rings. The average molecular weight is 750 g/mol. The quantitative estimate of drug-likeness (QED) is 0.178. The van der Waals surface area contributed by atoms with Gasteiger partial charge in [0.15, 0.2) is 0 Å². The molecule has 2 nitrogen and oxygen atoms in total. The Morgan fingerprint density at radius 3 is 1.83 bits per heavy atom. The van der Waals surface area contributed by atoms with E-state index in [2.05, 4.69) is 211 Å². The van der Waals surface area contributed by atoms with Crippen molar-refractivity contribution in [2.24, 2.45) is 0 Å². The molecule has 0 saturated heterocycles. The summed E-state index contributed by atoms with van der Waals surface area (Å²) in [7, 11) is 0. The van der Waals surface area contributed by atoms with Crippen molar-refractivity contribution in [2.45, 2.75) is 64.7 Å². The molecule has 0 saturated carbocycles. The van der Waals surface area contributed by atoms with Gasteiger partial charge in [-0.1, -0.05) is 158 Å². The lowest BCUT2D eigenvalue weighted by Crippen LogP contribution is -2.17. The van der Waals surface area contributed by atoms with Gasteiger partial charge in [-0.15, -0.1) is 0 Å². The first-order valence-corrected chi connectivity index (χ1v) is 20.7. The number of fused-ring (bicyclic) bond motifs is 10. The molecule has 0 bridgehead atoms. The Hall–Kier alpha value is -6.38. The molecule has 0 radical (unpaired) electrons. The molecule has 0 spiro atoms. The highest BCUT2D eigenvalue weighted by atomic mass is 16.3. The van der Waals surface area contributed by atoms with Crippen LogP contribution in [-0.4, -0.2) is 0 Å². The molecular formula is C56H47NO. The third-order valence-corrected chi connectivity index (χ3v) is 13.4. The second-order valence-corrected chi connectivity index (χ2v) is 18.6. The summed E-state index contributed by atoms with van der Waals surface area (Å²) in [5.41, 5.74) is 19.4. The van der Waals surface area contributed by atoms with Crippen LogP contribution in [0.15, 0.2) is 162 Å². The number of nitrogens with zero attached hydrogens (tertiary/aromatic N) is 1. The number of para-hydroxylation sites is 1. The van der Waals surface area contributed by atoms with Crippen molar-refractivity contribution in [3.05, 3.63) is 186 Å². The lowest BCUT2D eigenvalue weighted by atomic mass is 9.82. The smallest absolute Gasteiger partial charge is 0.139 e. The second-order valence-electron chi connectivity index (χ2n) is 18.6. The van der Waals surface area contributed by atoms with Crippen LogP contribution in [0.25, 0.3) is 66.1 Å². The lowest BCUT2D eigenvalue weighted by Gasteiger charge is -2.29. The maximum absolute atomic E-state index is 6.74. The summed E-state index contributed by atoms with van der Waals surface area (Å²) >= 11 is 0. The number of benzene rings is 8. The molecule has 0 unspecified atom stereocenters. The van der Waals surface area contributed by atoms with Gasteiger partial charge in [-0.25, -0.2) is 0 Å². The number of rotatable bonds is 4. The van der Waals surface area contributed by atoms with Crippen LogP contribution in [0.1, 0.15) is 76.3 Å². The molecular weight excluding hydrogens is 703 g/mol. The maximum Gasteiger partial charge on any atom is 0.139 e. The third kappa shape index (κ3) is 4.97. The second kappa shape index (κ2) is 12.1. The van der Waals surface area contributed by atoms with Crippen molar-refractivity contribution in [1.82, 2.24) is 0 Å². The van der Waals surface area contributed by atoms with Gasteiger partial charge < -0.3 is 9.32 Å². The Balaban J connectivity index is 1.09. The van der Waals surface area contributed by atoms with E-state index in [1.54, 1.807) is 0 Å². The molecule has 2 aliphatic carbocycles. The van der Waals surface area contributed by atoms with Gasteiger partial charge in [0.25, 0.3) is 0 Å². The zero-order valence-electron chi connectivity index (χ0n) is 34.4. The highest BCUT2D eigenvalue weighted by molar-refractivity contribution is 6.09. The van der Waals surface area contributed by atoms with Gasteiger partial charge >= 0.3 is 0 Å². The molecule has 2 aliphatic rings. The Morgan fingerprint density at radius 1 is 0.431 bits per heavy atom. The molecule has 9 aromatic rings. The minimum absolute atomic E-state index is 0.0248. The normalized spacial score (nSPS) is 14.7. The van der Waals surface area contributed by atoms with E-state index in [0.29, 0.717) is 0 Å². The fourth-order valence-corrected chi connectivity index (χ4v) is 10.3.